The minimum atomic E-state index is -2.36. The molecule has 1 nitrogen and oxygen atoms in total. The summed E-state index contributed by atoms with van der Waals surface area (Å²) in [7, 11) is 0. The number of aryl methyl sites for hydroxylation is 1. The van der Waals surface area contributed by atoms with Crippen molar-refractivity contribution in [3.8, 4) is 0 Å². The smallest absolute Gasteiger partial charge is 0.263 e. The average molecular weight is 239 g/mol. The second-order valence-electron chi connectivity index (χ2n) is 4.73. The molecule has 0 amide bonds. The Hall–Kier alpha value is -0.960. The summed E-state index contributed by atoms with van der Waals surface area (Å²) in [5.41, 5.74) is 1.27. The number of piperidine rings is 1. The highest BCUT2D eigenvalue weighted by atomic mass is 19.3. The second-order valence-corrected chi connectivity index (χ2v) is 4.73. The molecule has 0 saturated carbocycles. The van der Waals surface area contributed by atoms with Crippen molar-refractivity contribution in [3.05, 3.63) is 35.4 Å². The molecule has 0 spiro atoms. The Morgan fingerprint density at radius 1 is 1.18 bits per heavy atom. The van der Waals surface area contributed by atoms with E-state index in [2.05, 4.69) is 5.32 Å². The van der Waals surface area contributed by atoms with Gasteiger partial charge < -0.3 is 5.32 Å². The fourth-order valence-corrected chi connectivity index (χ4v) is 2.34. The molecular formula is C14H19F2N. The molecule has 1 fully saturated rings. The van der Waals surface area contributed by atoms with Gasteiger partial charge in [-0.25, -0.2) is 8.78 Å². The zero-order chi connectivity index (χ0) is 12.1. The van der Waals surface area contributed by atoms with Crippen molar-refractivity contribution in [2.75, 3.05) is 6.54 Å². The van der Waals surface area contributed by atoms with Crippen molar-refractivity contribution in [2.45, 2.75) is 44.6 Å². The van der Waals surface area contributed by atoms with Crippen molar-refractivity contribution < 1.29 is 8.78 Å². The Labute approximate surface area is 101 Å². The molecular weight excluding hydrogens is 220 g/mol. The summed E-state index contributed by atoms with van der Waals surface area (Å²) in [5, 5.41) is 3.50. The van der Waals surface area contributed by atoms with E-state index in [-0.39, 0.29) is 5.56 Å². The first-order valence-electron chi connectivity index (χ1n) is 6.36. The van der Waals surface area contributed by atoms with Crippen LogP contribution in [0.5, 0.6) is 0 Å². The fraction of sp³-hybridized carbons (Fsp3) is 0.571. The van der Waals surface area contributed by atoms with E-state index in [1.807, 2.05) is 12.1 Å². The quantitative estimate of drug-likeness (QED) is 0.844. The molecule has 17 heavy (non-hydrogen) atoms. The van der Waals surface area contributed by atoms with Crippen molar-refractivity contribution in [1.29, 1.82) is 0 Å². The predicted octanol–water partition coefficient (Wildman–Crippen LogP) is 3.70. The van der Waals surface area contributed by atoms with Gasteiger partial charge in [0.2, 0.25) is 0 Å². The van der Waals surface area contributed by atoms with Gasteiger partial charge >= 0.3 is 0 Å². The van der Waals surface area contributed by atoms with E-state index in [0.29, 0.717) is 6.04 Å². The van der Waals surface area contributed by atoms with Crippen LogP contribution in [0, 0.1) is 0 Å². The van der Waals surface area contributed by atoms with Crippen LogP contribution in [0.3, 0.4) is 0 Å². The molecule has 1 aliphatic heterocycles. The number of rotatable bonds is 4. The second kappa shape index (κ2) is 6.10. The number of alkyl halides is 2. The number of nitrogens with one attached hydrogen (secondary N) is 1. The Balaban J connectivity index is 1.82. The molecule has 1 N–H and O–H groups in total. The molecule has 1 atom stereocenters. The van der Waals surface area contributed by atoms with Crippen LogP contribution in [0.2, 0.25) is 0 Å². The third kappa shape index (κ3) is 3.77. The zero-order valence-corrected chi connectivity index (χ0v) is 9.96. The summed E-state index contributed by atoms with van der Waals surface area (Å²) >= 11 is 0. The van der Waals surface area contributed by atoms with Gasteiger partial charge in [-0.2, -0.15) is 0 Å². The summed E-state index contributed by atoms with van der Waals surface area (Å²) in [6, 6.07) is 7.33. The molecule has 2 rings (SSSR count). The monoisotopic (exact) mass is 239 g/mol. The highest BCUT2D eigenvalue weighted by molar-refractivity contribution is 5.23. The lowest BCUT2D eigenvalue weighted by molar-refractivity contribution is 0.151. The van der Waals surface area contributed by atoms with E-state index in [0.717, 1.165) is 24.9 Å². The van der Waals surface area contributed by atoms with Gasteiger partial charge in [-0.1, -0.05) is 30.7 Å². The third-order valence-electron chi connectivity index (χ3n) is 3.43. The lowest BCUT2D eigenvalue weighted by Crippen LogP contribution is -2.34. The Bertz CT molecular complexity index is 329. The summed E-state index contributed by atoms with van der Waals surface area (Å²) in [4.78, 5) is 0. The molecule has 0 aromatic heterocycles. The van der Waals surface area contributed by atoms with Crippen LogP contribution in [0.1, 0.15) is 43.2 Å². The van der Waals surface area contributed by atoms with Crippen molar-refractivity contribution >= 4 is 0 Å². The highest BCUT2D eigenvalue weighted by Crippen LogP contribution is 2.20. The van der Waals surface area contributed by atoms with Crippen molar-refractivity contribution in [1.82, 2.24) is 5.32 Å². The number of benzene rings is 1. The van der Waals surface area contributed by atoms with Gasteiger partial charge in [0.05, 0.1) is 0 Å². The van der Waals surface area contributed by atoms with Crippen LogP contribution < -0.4 is 5.32 Å². The zero-order valence-electron chi connectivity index (χ0n) is 9.96. The van der Waals surface area contributed by atoms with Gasteiger partial charge in [0, 0.05) is 11.6 Å². The predicted molar refractivity (Wildman–Crippen MR) is 65.4 cm³/mol. The summed E-state index contributed by atoms with van der Waals surface area (Å²) < 4.78 is 24.7. The molecule has 1 heterocycles. The molecule has 1 saturated heterocycles. The van der Waals surface area contributed by atoms with Crippen molar-refractivity contribution in [3.63, 3.8) is 0 Å². The van der Waals surface area contributed by atoms with Gasteiger partial charge in [0.15, 0.2) is 0 Å². The maximum Gasteiger partial charge on any atom is 0.263 e. The maximum absolute atomic E-state index is 12.4. The Morgan fingerprint density at radius 2 is 1.94 bits per heavy atom. The lowest BCUT2D eigenvalue weighted by atomic mass is 9.97. The average Bonchev–Trinajstić information content (AvgIpc) is 2.38. The van der Waals surface area contributed by atoms with E-state index in [1.54, 1.807) is 0 Å². The minimum absolute atomic E-state index is 0.115. The van der Waals surface area contributed by atoms with E-state index >= 15 is 0 Å². The molecule has 1 aliphatic rings. The van der Waals surface area contributed by atoms with Crippen molar-refractivity contribution in [2.24, 2.45) is 0 Å². The number of hydrogen-bond acceptors (Lipinski definition) is 1. The largest absolute Gasteiger partial charge is 0.314 e. The molecule has 0 aliphatic carbocycles. The SMILES string of the molecule is FC(F)c1ccc(CCC2CCCCN2)cc1. The minimum Gasteiger partial charge on any atom is -0.314 e. The van der Waals surface area contributed by atoms with Gasteiger partial charge in [0.25, 0.3) is 6.43 Å². The first kappa shape index (κ1) is 12.5. The van der Waals surface area contributed by atoms with E-state index in [9.17, 15) is 8.78 Å². The van der Waals surface area contributed by atoms with E-state index < -0.39 is 6.43 Å². The van der Waals surface area contributed by atoms with Crippen LogP contribution >= 0.6 is 0 Å². The standard InChI is InChI=1S/C14H19F2N/c15-14(16)12-7-4-11(5-8-12)6-9-13-3-1-2-10-17-13/h4-5,7-8,13-14,17H,1-3,6,9-10H2. The Morgan fingerprint density at radius 3 is 2.53 bits per heavy atom. The third-order valence-corrected chi connectivity index (χ3v) is 3.43. The van der Waals surface area contributed by atoms with Crippen LogP contribution in [-0.2, 0) is 6.42 Å². The molecule has 1 aromatic rings. The molecule has 1 aromatic carbocycles. The molecule has 3 heteroatoms. The lowest BCUT2D eigenvalue weighted by Gasteiger charge is -2.23. The first-order valence-corrected chi connectivity index (χ1v) is 6.36. The first-order chi connectivity index (χ1) is 8.25. The molecule has 0 bridgehead atoms. The van der Waals surface area contributed by atoms with Crippen LogP contribution in [0.25, 0.3) is 0 Å². The van der Waals surface area contributed by atoms with Gasteiger partial charge in [-0.3, -0.25) is 0 Å². The van der Waals surface area contributed by atoms with E-state index in [1.165, 1.54) is 31.4 Å². The molecule has 94 valence electrons. The fourth-order valence-electron chi connectivity index (χ4n) is 2.34. The molecule has 0 radical (unpaired) electrons. The van der Waals surface area contributed by atoms with Gasteiger partial charge in [0.1, 0.15) is 0 Å². The number of hydrogen-bond donors (Lipinski definition) is 1. The number of halogens is 2. The summed E-state index contributed by atoms with van der Waals surface area (Å²) in [6.45, 7) is 1.12. The topological polar surface area (TPSA) is 12.0 Å². The van der Waals surface area contributed by atoms with E-state index in [4.69, 9.17) is 0 Å². The molecule has 1 unspecified atom stereocenters. The highest BCUT2D eigenvalue weighted by Gasteiger charge is 2.12. The van der Waals surface area contributed by atoms with Gasteiger partial charge in [-0.05, 0) is 37.8 Å². The summed E-state index contributed by atoms with van der Waals surface area (Å²) in [6.07, 6.45) is 3.55. The van der Waals surface area contributed by atoms with Crippen LogP contribution in [-0.4, -0.2) is 12.6 Å². The van der Waals surface area contributed by atoms with Crippen LogP contribution in [0.4, 0.5) is 8.78 Å². The van der Waals surface area contributed by atoms with Crippen LogP contribution in [0.15, 0.2) is 24.3 Å². The normalized spacial score (nSPS) is 20.8. The maximum atomic E-state index is 12.4. The Kier molecular flexibility index (Phi) is 4.49. The summed E-state index contributed by atoms with van der Waals surface area (Å²) in [5.74, 6) is 0. The van der Waals surface area contributed by atoms with Gasteiger partial charge in [-0.15, -0.1) is 0 Å².